The number of fused-ring (bicyclic) bond motifs is 2. The normalized spacial score (nSPS) is 40.5. The van der Waals surface area contributed by atoms with Gasteiger partial charge in [0.2, 0.25) is 0 Å². The van der Waals surface area contributed by atoms with Crippen LogP contribution < -0.4 is 5.32 Å². The van der Waals surface area contributed by atoms with E-state index >= 15 is 0 Å². The van der Waals surface area contributed by atoms with Crippen molar-refractivity contribution >= 4 is 5.91 Å². The van der Waals surface area contributed by atoms with E-state index in [4.69, 9.17) is 4.74 Å². The molecule has 3 saturated heterocycles. The first-order chi connectivity index (χ1) is 8.24. The molecule has 3 unspecified atom stereocenters. The number of nitrogens with one attached hydrogen (secondary N) is 1. The van der Waals surface area contributed by atoms with Crippen LogP contribution >= 0.6 is 0 Å². The average Bonchev–Trinajstić information content (AvgIpc) is 2.97. The molecule has 3 atom stereocenters. The van der Waals surface area contributed by atoms with Gasteiger partial charge in [0.05, 0.1) is 0 Å². The zero-order valence-electron chi connectivity index (χ0n) is 10.5. The summed E-state index contributed by atoms with van der Waals surface area (Å²) in [5.41, 5.74) is 0. The number of carbonyl (C=O) groups is 1. The third-order valence-corrected chi connectivity index (χ3v) is 4.55. The van der Waals surface area contributed by atoms with Gasteiger partial charge < -0.3 is 15.0 Å². The van der Waals surface area contributed by atoms with Crippen LogP contribution in [0.3, 0.4) is 0 Å². The highest BCUT2D eigenvalue weighted by Gasteiger charge is 2.38. The van der Waals surface area contributed by atoms with Gasteiger partial charge in [-0.15, -0.1) is 0 Å². The molecule has 0 aromatic heterocycles. The Morgan fingerprint density at radius 1 is 1.24 bits per heavy atom. The number of hydrogen-bond acceptors (Lipinski definition) is 3. The van der Waals surface area contributed by atoms with Crippen molar-refractivity contribution in [1.82, 2.24) is 10.2 Å². The number of rotatable bonds is 2. The Labute approximate surface area is 103 Å². The van der Waals surface area contributed by atoms with Crippen molar-refractivity contribution in [2.24, 2.45) is 0 Å². The lowest BCUT2D eigenvalue weighted by Gasteiger charge is -2.36. The van der Waals surface area contributed by atoms with Gasteiger partial charge in [0.25, 0.3) is 5.91 Å². The van der Waals surface area contributed by atoms with E-state index in [1.165, 1.54) is 12.8 Å². The lowest BCUT2D eigenvalue weighted by molar-refractivity contribution is -0.142. The summed E-state index contributed by atoms with van der Waals surface area (Å²) >= 11 is 0. The first-order valence-electron chi connectivity index (χ1n) is 6.88. The Morgan fingerprint density at radius 3 is 2.53 bits per heavy atom. The van der Waals surface area contributed by atoms with E-state index in [0.29, 0.717) is 18.1 Å². The zero-order chi connectivity index (χ0) is 11.8. The Balaban J connectivity index is 1.61. The number of hydrogen-bond donors (Lipinski definition) is 1. The largest absolute Gasteiger partial charge is 0.368 e. The number of likely N-dealkylation sites (N-methyl/N-ethyl adjacent to an activating group) is 1. The smallest absolute Gasteiger partial charge is 0.251 e. The minimum Gasteiger partial charge on any atom is -0.368 e. The van der Waals surface area contributed by atoms with E-state index < -0.39 is 0 Å². The molecule has 1 amide bonds. The maximum atomic E-state index is 12.3. The molecule has 0 aromatic rings. The van der Waals surface area contributed by atoms with Crippen LogP contribution in [0.1, 0.15) is 38.5 Å². The SMILES string of the molecule is CN(C(=O)C1CCCO1)C1CC2CCC(C1)N2. The molecule has 17 heavy (non-hydrogen) atoms. The van der Waals surface area contributed by atoms with Crippen LogP contribution in [-0.4, -0.2) is 48.7 Å². The number of piperidine rings is 1. The van der Waals surface area contributed by atoms with Gasteiger partial charge in [0.15, 0.2) is 0 Å². The molecule has 96 valence electrons. The number of nitrogens with zero attached hydrogens (tertiary/aromatic N) is 1. The summed E-state index contributed by atoms with van der Waals surface area (Å²) in [6.45, 7) is 0.752. The molecule has 3 aliphatic rings. The average molecular weight is 238 g/mol. The van der Waals surface area contributed by atoms with E-state index in [-0.39, 0.29) is 12.0 Å². The summed E-state index contributed by atoms with van der Waals surface area (Å²) in [7, 11) is 1.96. The molecule has 0 radical (unpaired) electrons. The van der Waals surface area contributed by atoms with Gasteiger partial charge in [-0.3, -0.25) is 4.79 Å². The molecule has 3 heterocycles. The Kier molecular flexibility index (Phi) is 3.09. The molecule has 0 spiro atoms. The number of amides is 1. The second kappa shape index (κ2) is 4.58. The minimum atomic E-state index is -0.160. The molecule has 3 aliphatic heterocycles. The fourth-order valence-electron chi connectivity index (χ4n) is 3.52. The van der Waals surface area contributed by atoms with Crippen molar-refractivity contribution in [2.45, 2.75) is 62.8 Å². The summed E-state index contributed by atoms with van der Waals surface area (Å²) in [6.07, 6.45) is 6.57. The van der Waals surface area contributed by atoms with Crippen LogP contribution in [0.25, 0.3) is 0 Å². The Bertz CT molecular complexity index is 290. The highest BCUT2D eigenvalue weighted by atomic mass is 16.5. The van der Waals surface area contributed by atoms with Crippen molar-refractivity contribution in [1.29, 1.82) is 0 Å². The van der Waals surface area contributed by atoms with Crippen LogP contribution in [-0.2, 0) is 9.53 Å². The quantitative estimate of drug-likeness (QED) is 0.777. The summed E-state index contributed by atoms with van der Waals surface area (Å²) in [6, 6.07) is 1.70. The highest BCUT2D eigenvalue weighted by molar-refractivity contribution is 5.81. The third-order valence-electron chi connectivity index (χ3n) is 4.55. The zero-order valence-corrected chi connectivity index (χ0v) is 10.5. The van der Waals surface area contributed by atoms with E-state index in [1.807, 2.05) is 11.9 Å². The minimum absolute atomic E-state index is 0.160. The molecule has 1 N–H and O–H groups in total. The summed E-state index contributed by atoms with van der Waals surface area (Å²) in [4.78, 5) is 14.2. The lowest BCUT2D eigenvalue weighted by Crippen LogP contribution is -2.50. The predicted octanol–water partition coefficient (Wildman–Crippen LogP) is 0.907. The van der Waals surface area contributed by atoms with Crippen molar-refractivity contribution in [2.75, 3.05) is 13.7 Å². The highest BCUT2D eigenvalue weighted by Crippen LogP contribution is 2.30. The van der Waals surface area contributed by atoms with E-state index in [2.05, 4.69) is 5.32 Å². The third kappa shape index (κ3) is 2.20. The molecule has 2 bridgehead atoms. The standard InChI is InChI=1S/C13H22N2O2/c1-15(13(16)12-3-2-6-17-12)11-7-9-4-5-10(8-11)14-9/h9-12,14H,2-8H2,1H3. The van der Waals surface area contributed by atoms with Crippen LogP contribution in [0.15, 0.2) is 0 Å². The van der Waals surface area contributed by atoms with Crippen LogP contribution in [0.4, 0.5) is 0 Å². The molecule has 0 aromatic carbocycles. The maximum absolute atomic E-state index is 12.3. The number of carbonyl (C=O) groups excluding carboxylic acids is 1. The monoisotopic (exact) mass is 238 g/mol. The van der Waals surface area contributed by atoms with Crippen LogP contribution in [0.2, 0.25) is 0 Å². The van der Waals surface area contributed by atoms with Crippen LogP contribution in [0, 0.1) is 0 Å². The van der Waals surface area contributed by atoms with E-state index in [0.717, 1.165) is 32.3 Å². The van der Waals surface area contributed by atoms with Gasteiger partial charge in [-0.2, -0.15) is 0 Å². The van der Waals surface area contributed by atoms with E-state index in [9.17, 15) is 4.79 Å². The van der Waals surface area contributed by atoms with Gasteiger partial charge in [0.1, 0.15) is 6.10 Å². The van der Waals surface area contributed by atoms with Crippen molar-refractivity contribution in [3.63, 3.8) is 0 Å². The van der Waals surface area contributed by atoms with Gasteiger partial charge in [-0.05, 0) is 38.5 Å². The van der Waals surface area contributed by atoms with Crippen molar-refractivity contribution in [3.8, 4) is 0 Å². The molecular weight excluding hydrogens is 216 g/mol. The Morgan fingerprint density at radius 2 is 1.94 bits per heavy atom. The van der Waals surface area contributed by atoms with Crippen LogP contribution in [0.5, 0.6) is 0 Å². The molecule has 4 heteroatoms. The molecule has 0 aliphatic carbocycles. The first kappa shape index (κ1) is 11.5. The molecule has 3 fully saturated rings. The van der Waals surface area contributed by atoms with Gasteiger partial charge in [-0.1, -0.05) is 0 Å². The summed E-state index contributed by atoms with van der Waals surface area (Å²) in [5, 5.41) is 3.61. The molecule has 0 saturated carbocycles. The lowest BCUT2D eigenvalue weighted by atomic mass is 9.98. The summed E-state index contributed by atoms with van der Waals surface area (Å²) in [5.74, 6) is 0.203. The van der Waals surface area contributed by atoms with Gasteiger partial charge >= 0.3 is 0 Å². The van der Waals surface area contributed by atoms with Crippen molar-refractivity contribution < 1.29 is 9.53 Å². The Hall–Kier alpha value is -0.610. The van der Waals surface area contributed by atoms with E-state index in [1.54, 1.807) is 0 Å². The van der Waals surface area contributed by atoms with Gasteiger partial charge in [0, 0.05) is 31.8 Å². The second-order valence-corrected chi connectivity index (χ2v) is 5.71. The molecular formula is C13H22N2O2. The molecule has 4 nitrogen and oxygen atoms in total. The predicted molar refractivity (Wildman–Crippen MR) is 64.7 cm³/mol. The topological polar surface area (TPSA) is 41.6 Å². The fourth-order valence-corrected chi connectivity index (χ4v) is 3.52. The maximum Gasteiger partial charge on any atom is 0.251 e. The van der Waals surface area contributed by atoms with Crippen molar-refractivity contribution in [3.05, 3.63) is 0 Å². The number of ether oxygens (including phenoxy) is 1. The second-order valence-electron chi connectivity index (χ2n) is 5.71. The fraction of sp³-hybridized carbons (Fsp3) is 0.923. The first-order valence-corrected chi connectivity index (χ1v) is 6.88. The molecule has 3 rings (SSSR count). The summed E-state index contributed by atoms with van der Waals surface area (Å²) < 4.78 is 5.49. The van der Waals surface area contributed by atoms with Gasteiger partial charge in [-0.25, -0.2) is 0 Å².